The first-order valence-corrected chi connectivity index (χ1v) is 8.79. The minimum atomic E-state index is -0.688. The topological polar surface area (TPSA) is 91.3 Å². The molecular weight excluding hydrogens is 302 g/mol. The first kappa shape index (κ1) is 20.8. The summed E-state index contributed by atoms with van der Waals surface area (Å²) < 4.78 is 5.19. The Morgan fingerprint density at radius 2 is 1.86 bits per heavy atom. The van der Waals surface area contributed by atoms with Gasteiger partial charge in [0, 0.05) is 6.21 Å². The molecule has 128 valence electrons. The molecule has 0 aliphatic rings. The predicted molar refractivity (Wildman–Crippen MR) is 91.7 cm³/mol. The van der Waals surface area contributed by atoms with Crippen LogP contribution in [0, 0.1) is 11.3 Å². The van der Waals surface area contributed by atoms with E-state index < -0.39 is 17.7 Å². The molecule has 7 heteroatoms. The van der Waals surface area contributed by atoms with Crippen LogP contribution in [-0.4, -0.2) is 47.9 Å². The summed E-state index contributed by atoms with van der Waals surface area (Å²) in [7, 11) is 0. The van der Waals surface area contributed by atoms with Gasteiger partial charge in [-0.25, -0.2) is 4.79 Å². The Bertz CT molecular complexity index is 381. The highest BCUT2D eigenvalue weighted by Gasteiger charge is 2.27. The van der Waals surface area contributed by atoms with E-state index in [1.807, 2.05) is 20.1 Å². The number of alkyl carbamates (subject to hydrolysis) is 1. The van der Waals surface area contributed by atoms with Crippen LogP contribution in [0.1, 0.15) is 41.0 Å². The number of hydrogen-bond acceptors (Lipinski definition) is 5. The van der Waals surface area contributed by atoms with Gasteiger partial charge in [0.25, 0.3) is 0 Å². The van der Waals surface area contributed by atoms with Crippen LogP contribution in [0.2, 0.25) is 0 Å². The zero-order chi connectivity index (χ0) is 17.3. The van der Waals surface area contributed by atoms with Crippen LogP contribution in [0.3, 0.4) is 0 Å². The Hall–Kier alpha value is -1.24. The third kappa shape index (κ3) is 8.92. The fourth-order valence-electron chi connectivity index (χ4n) is 1.68. The molecule has 2 amide bonds. The van der Waals surface area contributed by atoms with Crippen LogP contribution < -0.4 is 10.6 Å². The summed E-state index contributed by atoms with van der Waals surface area (Å²) in [4.78, 5) is 24.2. The summed E-state index contributed by atoms with van der Waals surface area (Å²) in [6.07, 6.45) is 3.27. The molecule has 2 unspecified atom stereocenters. The fraction of sp³-hybridized carbons (Fsp3) is 0.800. The van der Waals surface area contributed by atoms with Gasteiger partial charge in [0.2, 0.25) is 5.91 Å². The highest BCUT2D eigenvalue weighted by Crippen LogP contribution is 2.09. The van der Waals surface area contributed by atoms with Gasteiger partial charge >= 0.3 is 6.09 Å². The Labute approximate surface area is 137 Å². The monoisotopic (exact) mass is 331 g/mol. The van der Waals surface area contributed by atoms with Gasteiger partial charge < -0.3 is 20.8 Å². The third-order valence-corrected chi connectivity index (χ3v) is 3.43. The molecule has 6 nitrogen and oxygen atoms in total. The molecule has 0 aromatic rings. The highest BCUT2D eigenvalue weighted by molar-refractivity contribution is 7.98. The number of nitrogens with one attached hydrogen (secondary N) is 3. The molecule has 0 aromatic carbocycles. The molecule has 2 atom stereocenters. The molecule has 0 aromatic heterocycles. The van der Waals surface area contributed by atoms with Gasteiger partial charge in [-0.1, -0.05) is 13.8 Å². The minimum absolute atomic E-state index is 0.0838. The van der Waals surface area contributed by atoms with Crippen molar-refractivity contribution in [1.29, 1.82) is 5.41 Å². The van der Waals surface area contributed by atoms with Gasteiger partial charge in [-0.3, -0.25) is 4.79 Å². The standard InChI is InChI=1S/C15H29N3O3S/c1-10(2)12(18-14(20)21-15(3,4)5)13(19)17-11(9-16)7-8-22-6/h9-12,16H,7-8H2,1-6H3,(H,17,19)(H,18,20). The lowest BCUT2D eigenvalue weighted by Gasteiger charge is -2.26. The smallest absolute Gasteiger partial charge is 0.408 e. The van der Waals surface area contributed by atoms with E-state index in [9.17, 15) is 9.59 Å². The minimum Gasteiger partial charge on any atom is -0.444 e. The Morgan fingerprint density at radius 3 is 2.27 bits per heavy atom. The molecule has 0 heterocycles. The normalized spacial score (nSPS) is 14.1. The van der Waals surface area contributed by atoms with Crippen molar-refractivity contribution in [3.8, 4) is 0 Å². The van der Waals surface area contributed by atoms with E-state index >= 15 is 0 Å². The molecule has 0 rings (SSSR count). The maximum absolute atomic E-state index is 12.3. The fourth-order valence-corrected chi connectivity index (χ4v) is 2.17. The van der Waals surface area contributed by atoms with E-state index in [0.29, 0.717) is 6.42 Å². The maximum Gasteiger partial charge on any atom is 0.408 e. The summed E-state index contributed by atoms with van der Waals surface area (Å²) >= 11 is 1.66. The van der Waals surface area contributed by atoms with Crippen molar-refractivity contribution in [3.05, 3.63) is 0 Å². The summed E-state index contributed by atoms with van der Waals surface area (Å²) in [5, 5.41) is 12.8. The molecule has 0 saturated carbocycles. The molecular formula is C15H29N3O3S. The summed E-state index contributed by atoms with van der Waals surface area (Å²) in [6.45, 7) is 9.01. The van der Waals surface area contributed by atoms with Crippen LogP contribution in [0.4, 0.5) is 4.79 Å². The Balaban J connectivity index is 4.69. The van der Waals surface area contributed by atoms with Crippen molar-refractivity contribution in [2.24, 2.45) is 5.92 Å². The molecule has 0 saturated heterocycles. The first-order valence-electron chi connectivity index (χ1n) is 7.40. The number of amides is 2. The lowest BCUT2D eigenvalue weighted by atomic mass is 10.0. The molecule has 0 bridgehead atoms. The summed E-state index contributed by atoms with van der Waals surface area (Å²) in [5.74, 6) is 0.474. The zero-order valence-electron chi connectivity index (χ0n) is 14.4. The zero-order valence-corrected chi connectivity index (χ0v) is 15.2. The second kappa shape index (κ2) is 9.71. The molecule has 3 N–H and O–H groups in total. The maximum atomic E-state index is 12.3. The molecule has 0 aliphatic heterocycles. The highest BCUT2D eigenvalue weighted by atomic mass is 32.2. The Morgan fingerprint density at radius 1 is 1.27 bits per heavy atom. The number of thioether (sulfide) groups is 1. The predicted octanol–water partition coefficient (Wildman–Crippen LogP) is 2.42. The molecule has 22 heavy (non-hydrogen) atoms. The third-order valence-electron chi connectivity index (χ3n) is 2.78. The van der Waals surface area contributed by atoms with E-state index in [1.54, 1.807) is 32.5 Å². The van der Waals surface area contributed by atoms with E-state index in [0.717, 1.165) is 5.75 Å². The number of hydrogen-bond donors (Lipinski definition) is 3. The van der Waals surface area contributed by atoms with E-state index in [-0.39, 0.29) is 17.9 Å². The lowest BCUT2D eigenvalue weighted by molar-refractivity contribution is -0.124. The van der Waals surface area contributed by atoms with Crippen molar-refractivity contribution in [2.45, 2.75) is 58.7 Å². The van der Waals surface area contributed by atoms with Crippen molar-refractivity contribution in [1.82, 2.24) is 10.6 Å². The number of ether oxygens (including phenoxy) is 1. The average molecular weight is 331 g/mol. The van der Waals surface area contributed by atoms with Crippen LogP contribution in [-0.2, 0) is 9.53 Å². The second-order valence-corrected chi connectivity index (χ2v) is 7.42. The van der Waals surface area contributed by atoms with Crippen molar-refractivity contribution in [3.63, 3.8) is 0 Å². The van der Waals surface area contributed by atoms with Gasteiger partial charge in [0.1, 0.15) is 11.6 Å². The van der Waals surface area contributed by atoms with E-state index in [4.69, 9.17) is 10.1 Å². The largest absolute Gasteiger partial charge is 0.444 e. The first-order chi connectivity index (χ1) is 10.1. The van der Waals surface area contributed by atoms with E-state index in [2.05, 4.69) is 10.6 Å². The van der Waals surface area contributed by atoms with E-state index in [1.165, 1.54) is 6.21 Å². The number of carbonyl (C=O) groups excluding carboxylic acids is 2. The lowest BCUT2D eigenvalue weighted by Crippen LogP contribution is -2.53. The number of rotatable bonds is 8. The molecule has 0 fully saturated rings. The van der Waals surface area contributed by atoms with Crippen LogP contribution in [0.25, 0.3) is 0 Å². The van der Waals surface area contributed by atoms with Gasteiger partial charge in [-0.2, -0.15) is 11.8 Å². The van der Waals surface area contributed by atoms with Gasteiger partial charge in [0.05, 0.1) is 6.04 Å². The summed E-state index contributed by atoms with van der Waals surface area (Å²) in [6, 6.07) is -1.01. The van der Waals surface area contributed by atoms with Crippen LogP contribution in [0.5, 0.6) is 0 Å². The quantitative estimate of drug-likeness (QED) is 0.596. The van der Waals surface area contributed by atoms with Gasteiger partial charge in [-0.15, -0.1) is 0 Å². The second-order valence-electron chi connectivity index (χ2n) is 6.43. The van der Waals surface area contributed by atoms with Crippen LogP contribution in [0.15, 0.2) is 0 Å². The van der Waals surface area contributed by atoms with Gasteiger partial charge in [-0.05, 0) is 45.1 Å². The number of carbonyl (C=O) groups is 2. The van der Waals surface area contributed by atoms with Crippen molar-refractivity contribution in [2.75, 3.05) is 12.0 Å². The van der Waals surface area contributed by atoms with Gasteiger partial charge in [0.15, 0.2) is 0 Å². The van der Waals surface area contributed by atoms with Crippen LogP contribution >= 0.6 is 11.8 Å². The molecule has 0 spiro atoms. The molecule has 0 radical (unpaired) electrons. The van der Waals surface area contributed by atoms with Crippen molar-refractivity contribution < 1.29 is 14.3 Å². The average Bonchev–Trinajstić information content (AvgIpc) is 2.38. The molecule has 0 aliphatic carbocycles. The Kier molecular flexibility index (Phi) is 9.16. The summed E-state index contributed by atoms with van der Waals surface area (Å²) in [5.41, 5.74) is -0.613. The van der Waals surface area contributed by atoms with Crippen molar-refractivity contribution >= 4 is 30.0 Å². The SMILES string of the molecule is CSCCC(C=N)NC(=O)C(NC(=O)OC(C)(C)C)C(C)C.